The van der Waals surface area contributed by atoms with Gasteiger partial charge in [0.2, 0.25) is 5.91 Å². The van der Waals surface area contributed by atoms with Crippen molar-refractivity contribution >= 4 is 16.9 Å². The lowest BCUT2D eigenvalue weighted by atomic mass is 9.98. The zero-order valence-electron chi connectivity index (χ0n) is 19.4. The molecule has 1 amide bonds. The highest BCUT2D eigenvalue weighted by Gasteiger charge is 2.21. The lowest BCUT2D eigenvalue weighted by Crippen LogP contribution is -2.32. The van der Waals surface area contributed by atoms with E-state index in [4.69, 9.17) is 0 Å². The zero-order valence-corrected chi connectivity index (χ0v) is 19.4. The molecule has 4 rings (SSSR count). The maximum atomic E-state index is 13.1. The summed E-state index contributed by atoms with van der Waals surface area (Å²) in [6.07, 6.45) is 1.73. The van der Waals surface area contributed by atoms with Gasteiger partial charge in [-0.3, -0.25) is 14.2 Å². The van der Waals surface area contributed by atoms with Crippen molar-refractivity contribution in [2.24, 2.45) is 0 Å². The molecule has 0 bridgehead atoms. The molecule has 0 saturated carbocycles. The number of aryl methyl sites for hydroxylation is 1. The summed E-state index contributed by atoms with van der Waals surface area (Å²) in [7, 11) is 0. The summed E-state index contributed by atoms with van der Waals surface area (Å²) in [5, 5.41) is 7.96. The lowest BCUT2D eigenvalue weighted by Gasteiger charge is -2.21. The maximum Gasteiger partial charge on any atom is 0.264 e. The van der Waals surface area contributed by atoms with E-state index in [0.29, 0.717) is 16.9 Å². The molecule has 0 radical (unpaired) electrons. The third-order valence-electron chi connectivity index (χ3n) is 5.65. The van der Waals surface area contributed by atoms with E-state index in [0.717, 1.165) is 11.1 Å². The van der Waals surface area contributed by atoms with Gasteiger partial charge in [0.15, 0.2) is 5.65 Å². The number of aromatic nitrogens is 4. The number of fused-ring (bicyclic) bond motifs is 1. The van der Waals surface area contributed by atoms with Crippen LogP contribution in [0.2, 0.25) is 0 Å². The van der Waals surface area contributed by atoms with Gasteiger partial charge in [-0.25, -0.2) is 9.67 Å². The van der Waals surface area contributed by atoms with Crippen LogP contribution in [0.4, 0.5) is 0 Å². The Bertz CT molecular complexity index is 1280. The molecule has 0 unspecified atom stereocenters. The van der Waals surface area contributed by atoms with Crippen molar-refractivity contribution in [3.8, 4) is 0 Å². The van der Waals surface area contributed by atoms with E-state index in [1.807, 2.05) is 81.4 Å². The van der Waals surface area contributed by atoms with Crippen LogP contribution in [-0.4, -0.2) is 25.2 Å². The van der Waals surface area contributed by atoms with E-state index in [-0.39, 0.29) is 36.0 Å². The van der Waals surface area contributed by atoms with Gasteiger partial charge in [-0.2, -0.15) is 5.10 Å². The molecule has 2 aromatic heterocycles. The van der Waals surface area contributed by atoms with Gasteiger partial charge < -0.3 is 5.32 Å². The van der Waals surface area contributed by atoms with Crippen LogP contribution < -0.4 is 10.9 Å². The summed E-state index contributed by atoms with van der Waals surface area (Å²) in [5.74, 6) is 0.429. The van der Waals surface area contributed by atoms with Gasteiger partial charge in [0, 0.05) is 13.0 Å². The normalized spacial score (nSPS) is 11.8. The molecule has 0 aliphatic carbocycles. The molecular weight excluding hydrogens is 414 g/mol. The Hall–Kier alpha value is -3.74. The van der Waals surface area contributed by atoms with Crippen LogP contribution >= 0.6 is 0 Å². The Kier molecular flexibility index (Phi) is 6.14. The van der Waals surface area contributed by atoms with Crippen molar-refractivity contribution in [3.63, 3.8) is 0 Å². The van der Waals surface area contributed by atoms with Crippen LogP contribution in [0.3, 0.4) is 0 Å². The van der Waals surface area contributed by atoms with E-state index < -0.39 is 0 Å². The summed E-state index contributed by atoms with van der Waals surface area (Å²) in [6.45, 7) is 8.08. The predicted molar refractivity (Wildman–Crippen MR) is 129 cm³/mol. The average Bonchev–Trinajstić information content (AvgIpc) is 3.23. The molecule has 0 spiro atoms. The fourth-order valence-electron chi connectivity index (χ4n) is 3.96. The zero-order chi connectivity index (χ0) is 23.6. The van der Waals surface area contributed by atoms with Crippen molar-refractivity contribution in [2.75, 3.05) is 0 Å². The Morgan fingerprint density at radius 2 is 1.58 bits per heavy atom. The van der Waals surface area contributed by atoms with Crippen LogP contribution in [0, 0.1) is 6.92 Å². The van der Waals surface area contributed by atoms with Gasteiger partial charge in [-0.1, -0.05) is 60.7 Å². The summed E-state index contributed by atoms with van der Waals surface area (Å²) in [4.78, 5) is 30.7. The number of hydrogen-bond acceptors (Lipinski definition) is 4. The van der Waals surface area contributed by atoms with Crippen molar-refractivity contribution in [1.82, 2.24) is 24.6 Å². The largest absolute Gasteiger partial charge is 0.345 e. The topological polar surface area (TPSA) is 81.8 Å². The molecule has 0 saturated heterocycles. The maximum absolute atomic E-state index is 13.1. The Balaban J connectivity index is 1.55. The van der Waals surface area contributed by atoms with Crippen LogP contribution in [-0.2, 0) is 16.9 Å². The minimum Gasteiger partial charge on any atom is -0.345 e. The second kappa shape index (κ2) is 9.02. The number of hydrogen-bond donors (Lipinski definition) is 1. The summed E-state index contributed by atoms with van der Waals surface area (Å²) in [6, 6.07) is 19.5. The molecule has 0 fully saturated rings. The summed E-state index contributed by atoms with van der Waals surface area (Å²) in [5.41, 5.74) is 2.11. The smallest absolute Gasteiger partial charge is 0.264 e. The second-order valence-electron chi connectivity index (χ2n) is 9.15. The number of carbonyl (C=O) groups is 1. The van der Waals surface area contributed by atoms with E-state index in [2.05, 4.69) is 15.4 Å². The Morgan fingerprint density at radius 1 is 1.00 bits per heavy atom. The quantitative estimate of drug-likeness (QED) is 0.489. The van der Waals surface area contributed by atoms with E-state index in [1.54, 1.807) is 22.4 Å². The lowest BCUT2D eigenvalue weighted by molar-refractivity contribution is -0.121. The number of benzene rings is 2. The van der Waals surface area contributed by atoms with Crippen molar-refractivity contribution in [3.05, 3.63) is 94.2 Å². The van der Waals surface area contributed by atoms with Crippen LogP contribution in [0.1, 0.15) is 50.2 Å². The standard InChI is InChI=1S/C26H29N5O2/c1-18-28-24-21(17-27-31(24)26(2,3)4)25(33)30(18)16-15-22(32)29-23(19-11-7-5-8-12-19)20-13-9-6-10-14-20/h5-14,17,23H,15-16H2,1-4H3,(H,29,32). The van der Waals surface area contributed by atoms with Crippen molar-refractivity contribution in [1.29, 1.82) is 0 Å². The molecule has 0 aliphatic rings. The average molecular weight is 444 g/mol. The molecule has 0 aliphatic heterocycles. The molecule has 2 aromatic carbocycles. The van der Waals surface area contributed by atoms with Crippen molar-refractivity contribution < 1.29 is 4.79 Å². The fourth-order valence-corrected chi connectivity index (χ4v) is 3.96. The van der Waals surface area contributed by atoms with E-state index in [1.165, 1.54) is 0 Å². The number of nitrogens with zero attached hydrogens (tertiary/aromatic N) is 4. The molecule has 0 atom stereocenters. The monoisotopic (exact) mass is 443 g/mol. The van der Waals surface area contributed by atoms with Crippen LogP contribution in [0.15, 0.2) is 71.7 Å². The predicted octanol–water partition coefficient (Wildman–Crippen LogP) is 3.95. The first-order valence-corrected chi connectivity index (χ1v) is 11.1. The van der Waals surface area contributed by atoms with Crippen LogP contribution in [0.25, 0.3) is 11.0 Å². The van der Waals surface area contributed by atoms with Crippen molar-refractivity contribution in [2.45, 2.75) is 52.2 Å². The number of rotatable bonds is 6. The number of nitrogens with one attached hydrogen (secondary N) is 1. The first kappa shape index (κ1) is 22.5. The van der Waals surface area contributed by atoms with Gasteiger partial charge in [0.05, 0.1) is 17.8 Å². The molecule has 7 heteroatoms. The van der Waals surface area contributed by atoms with Gasteiger partial charge in [0.1, 0.15) is 11.2 Å². The minimum atomic E-state index is -0.288. The Morgan fingerprint density at radius 3 is 2.12 bits per heavy atom. The molecule has 33 heavy (non-hydrogen) atoms. The molecular formula is C26H29N5O2. The molecule has 2 heterocycles. The van der Waals surface area contributed by atoms with Gasteiger partial charge >= 0.3 is 0 Å². The van der Waals surface area contributed by atoms with E-state index >= 15 is 0 Å². The highest BCUT2D eigenvalue weighted by atomic mass is 16.2. The molecule has 170 valence electrons. The highest BCUT2D eigenvalue weighted by Crippen LogP contribution is 2.22. The van der Waals surface area contributed by atoms with Gasteiger partial charge in [-0.15, -0.1) is 0 Å². The first-order valence-electron chi connectivity index (χ1n) is 11.1. The third kappa shape index (κ3) is 4.72. The van der Waals surface area contributed by atoms with Gasteiger partial charge in [-0.05, 0) is 38.8 Å². The fraction of sp³-hybridized carbons (Fsp3) is 0.308. The first-order chi connectivity index (χ1) is 15.8. The Labute approximate surface area is 193 Å². The van der Waals surface area contributed by atoms with Gasteiger partial charge in [0.25, 0.3) is 5.56 Å². The second-order valence-corrected chi connectivity index (χ2v) is 9.15. The summed E-state index contributed by atoms with van der Waals surface area (Å²) >= 11 is 0. The third-order valence-corrected chi connectivity index (χ3v) is 5.65. The highest BCUT2D eigenvalue weighted by molar-refractivity contribution is 5.77. The summed E-state index contributed by atoms with van der Waals surface area (Å²) < 4.78 is 3.31. The molecule has 1 N–H and O–H groups in total. The molecule has 7 nitrogen and oxygen atoms in total. The molecule has 4 aromatic rings. The number of carbonyl (C=O) groups excluding carboxylic acids is 1. The minimum absolute atomic E-state index is 0.135. The van der Waals surface area contributed by atoms with E-state index in [9.17, 15) is 9.59 Å². The SMILES string of the molecule is Cc1nc2c(cnn2C(C)(C)C)c(=O)n1CCC(=O)NC(c1ccccc1)c1ccccc1. The van der Waals surface area contributed by atoms with Crippen LogP contribution in [0.5, 0.6) is 0 Å². The number of amides is 1.